The SMILES string of the molecule is COc1ccccc1OCCN1CCCc2c(N)cccc21. The first kappa shape index (κ1) is 14.6. The summed E-state index contributed by atoms with van der Waals surface area (Å²) in [4.78, 5) is 2.35. The monoisotopic (exact) mass is 298 g/mol. The van der Waals surface area contributed by atoms with Gasteiger partial charge in [0.05, 0.1) is 13.7 Å². The highest BCUT2D eigenvalue weighted by atomic mass is 16.5. The summed E-state index contributed by atoms with van der Waals surface area (Å²) in [5.74, 6) is 1.56. The summed E-state index contributed by atoms with van der Waals surface area (Å²) in [7, 11) is 1.66. The lowest BCUT2D eigenvalue weighted by Crippen LogP contribution is -2.33. The van der Waals surface area contributed by atoms with Crippen molar-refractivity contribution in [3.05, 3.63) is 48.0 Å². The van der Waals surface area contributed by atoms with Gasteiger partial charge in [0.1, 0.15) is 6.61 Å². The van der Waals surface area contributed by atoms with Crippen molar-refractivity contribution in [3.8, 4) is 11.5 Å². The van der Waals surface area contributed by atoms with Crippen LogP contribution in [0.25, 0.3) is 0 Å². The van der Waals surface area contributed by atoms with Crippen molar-refractivity contribution < 1.29 is 9.47 Å². The Kier molecular flexibility index (Phi) is 4.37. The number of benzene rings is 2. The molecule has 1 heterocycles. The third-order valence-corrected chi connectivity index (χ3v) is 4.07. The summed E-state index contributed by atoms with van der Waals surface area (Å²) < 4.78 is 11.2. The molecule has 0 radical (unpaired) electrons. The van der Waals surface area contributed by atoms with Crippen LogP contribution in [0.4, 0.5) is 11.4 Å². The standard InChI is InChI=1S/C18H22N2O2/c1-21-17-9-2-3-10-18(17)22-13-12-20-11-5-6-14-15(19)7-4-8-16(14)20/h2-4,7-10H,5-6,11-13,19H2,1H3. The van der Waals surface area contributed by atoms with Gasteiger partial charge in [-0.05, 0) is 42.7 Å². The summed E-state index contributed by atoms with van der Waals surface area (Å²) in [6.07, 6.45) is 2.20. The third kappa shape index (κ3) is 2.96. The Labute approximate surface area is 131 Å². The molecule has 116 valence electrons. The Balaban J connectivity index is 1.65. The summed E-state index contributed by atoms with van der Waals surface area (Å²) in [6.45, 7) is 2.51. The fourth-order valence-corrected chi connectivity index (χ4v) is 2.96. The van der Waals surface area contributed by atoms with E-state index >= 15 is 0 Å². The normalized spacial score (nSPS) is 13.6. The summed E-state index contributed by atoms with van der Waals surface area (Å²) >= 11 is 0. The number of methoxy groups -OCH3 is 1. The van der Waals surface area contributed by atoms with Crippen molar-refractivity contribution in [2.45, 2.75) is 12.8 Å². The Morgan fingerprint density at radius 2 is 1.91 bits per heavy atom. The van der Waals surface area contributed by atoms with E-state index in [9.17, 15) is 0 Å². The van der Waals surface area contributed by atoms with Crippen LogP contribution in [-0.2, 0) is 6.42 Å². The van der Waals surface area contributed by atoms with Crippen LogP contribution in [0.15, 0.2) is 42.5 Å². The maximum absolute atomic E-state index is 6.09. The first-order chi connectivity index (χ1) is 10.8. The summed E-state index contributed by atoms with van der Waals surface area (Å²) in [5.41, 5.74) is 9.50. The number of ether oxygens (including phenoxy) is 2. The minimum Gasteiger partial charge on any atom is -0.493 e. The van der Waals surface area contributed by atoms with Gasteiger partial charge in [-0.3, -0.25) is 0 Å². The molecule has 22 heavy (non-hydrogen) atoms. The van der Waals surface area contributed by atoms with E-state index in [2.05, 4.69) is 11.0 Å². The average molecular weight is 298 g/mol. The van der Waals surface area contributed by atoms with E-state index in [0.29, 0.717) is 6.61 Å². The zero-order valence-corrected chi connectivity index (χ0v) is 12.9. The second-order valence-electron chi connectivity index (χ2n) is 5.43. The third-order valence-electron chi connectivity index (χ3n) is 4.07. The minimum atomic E-state index is 0.620. The Morgan fingerprint density at radius 1 is 1.09 bits per heavy atom. The number of hydrogen-bond acceptors (Lipinski definition) is 4. The first-order valence-electron chi connectivity index (χ1n) is 7.67. The molecule has 0 unspecified atom stereocenters. The molecular formula is C18H22N2O2. The molecule has 0 spiro atoms. The molecule has 0 saturated carbocycles. The van der Waals surface area contributed by atoms with Crippen molar-refractivity contribution >= 4 is 11.4 Å². The Hall–Kier alpha value is -2.36. The molecule has 0 aromatic heterocycles. The van der Waals surface area contributed by atoms with E-state index in [1.54, 1.807) is 7.11 Å². The lowest BCUT2D eigenvalue weighted by Gasteiger charge is -2.32. The molecule has 2 N–H and O–H groups in total. The maximum atomic E-state index is 6.09. The second-order valence-corrected chi connectivity index (χ2v) is 5.43. The summed E-state index contributed by atoms with van der Waals surface area (Å²) in [5, 5.41) is 0. The van der Waals surface area contributed by atoms with Crippen molar-refractivity contribution in [1.29, 1.82) is 0 Å². The number of nitrogens with zero attached hydrogens (tertiary/aromatic N) is 1. The van der Waals surface area contributed by atoms with Gasteiger partial charge >= 0.3 is 0 Å². The van der Waals surface area contributed by atoms with E-state index in [4.69, 9.17) is 15.2 Å². The molecule has 3 rings (SSSR count). The number of nitrogens with two attached hydrogens (primary N) is 1. The van der Waals surface area contributed by atoms with E-state index in [-0.39, 0.29) is 0 Å². The van der Waals surface area contributed by atoms with Gasteiger partial charge in [0.2, 0.25) is 0 Å². The molecule has 0 bridgehead atoms. The molecule has 0 amide bonds. The largest absolute Gasteiger partial charge is 0.493 e. The first-order valence-corrected chi connectivity index (χ1v) is 7.67. The van der Waals surface area contributed by atoms with Crippen molar-refractivity contribution in [1.82, 2.24) is 0 Å². The molecule has 0 fully saturated rings. The molecule has 2 aromatic rings. The van der Waals surface area contributed by atoms with Crippen molar-refractivity contribution in [2.24, 2.45) is 0 Å². The number of anilines is 2. The fourth-order valence-electron chi connectivity index (χ4n) is 2.96. The highest BCUT2D eigenvalue weighted by Gasteiger charge is 2.18. The van der Waals surface area contributed by atoms with Crippen LogP contribution in [0.2, 0.25) is 0 Å². The van der Waals surface area contributed by atoms with Crippen LogP contribution in [0.3, 0.4) is 0 Å². The van der Waals surface area contributed by atoms with Crippen molar-refractivity contribution in [3.63, 3.8) is 0 Å². The van der Waals surface area contributed by atoms with Crippen LogP contribution in [0.1, 0.15) is 12.0 Å². The Morgan fingerprint density at radius 3 is 2.73 bits per heavy atom. The molecule has 2 aromatic carbocycles. The van der Waals surface area contributed by atoms with Gasteiger partial charge in [-0.15, -0.1) is 0 Å². The molecule has 0 aliphatic carbocycles. The zero-order valence-electron chi connectivity index (χ0n) is 12.9. The van der Waals surface area contributed by atoms with Crippen LogP contribution in [0.5, 0.6) is 11.5 Å². The van der Waals surface area contributed by atoms with Gasteiger partial charge in [-0.1, -0.05) is 18.2 Å². The number of rotatable bonds is 5. The number of nitrogen functional groups attached to an aromatic ring is 1. The number of fused-ring (bicyclic) bond motifs is 1. The van der Waals surface area contributed by atoms with Crippen LogP contribution >= 0.6 is 0 Å². The topological polar surface area (TPSA) is 47.7 Å². The Bertz CT molecular complexity index is 643. The predicted octanol–water partition coefficient (Wildman–Crippen LogP) is 3.11. The molecule has 0 saturated heterocycles. The van der Waals surface area contributed by atoms with Crippen LogP contribution < -0.4 is 20.1 Å². The molecule has 0 atom stereocenters. The smallest absolute Gasteiger partial charge is 0.161 e. The number of hydrogen-bond donors (Lipinski definition) is 1. The molecule has 4 nitrogen and oxygen atoms in total. The lowest BCUT2D eigenvalue weighted by molar-refractivity contribution is 0.298. The van der Waals surface area contributed by atoms with E-state index < -0.39 is 0 Å². The molecular weight excluding hydrogens is 276 g/mol. The lowest BCUT2D eigenvalue weighted by atomic mass is 10.00. The van der Waals surface area contributed by atoms with E-state index in [1.807, 2.05) is 36.4 Å². The van der Waals surface area contributed by atoms with Gasteiger partial charge in [0, 0.05) is 17.9 Å². The van der Waals surface area contributed by atoms with Gasteiger partial charge in [-0.25, -0.2) is 0 Å². The number of para-hydroxylation sites is 2. The maximum Gasteiger partial charge on any atom is 0.161 e. The van der Waals surface area contributed by atoms with Crippen LogP contribution in [-0.4, -0.2) is 26.8 Å². The average Bonchev–Trinajstić information content (AvgIpc) is 2.56. The van der Waals surface area contributed by atoms with Gasteiger partial charge in [0.25, 0.3) is 0 Å². The highest BCUT2D eigenvalue weighted by Crippen LogP contribution is 2.31. The van der Waals surface area contributed by atoms with Gasteiger partial charge < -0.3 is 20.1 Å². The predicted molar refractivity (Wildman–Crippen MR) is 89.9 cm³/mol. The quantitative estimate of drug-likeness (QED) is 0.862. The zero-order chi connectivity index (χ0) is 15.4. The molecule has 1 aliphatic rings. The van der Waals surface area contributed by atoms with Gasteiger partial charge in [-0.2, -0.15) is 0 Å². The second kappa shape index (κ2) is 6.60. The van der Waals surface area contributed by atoms with E-state index in [0.717, 1.165) is 43.1 Å². The van der Waals surface area contributed by atoms with Crippen LogP contribution in [0, 0.1) is 0 Å². The van der Waals surface area contributed by atoms with E-state index in [1.165, 1.54) is 11.3 Å². The summed E-state index contributed by atoms with van der Waals surface area (Å²) in [6, 6.07) is 13.9. The minimum absolute atomic E-state index is 0.620. The fraction of sp³-hybridized carbons (Fsp3) is 0.333. The highest BCUT2D eigenvalue weighted by molar-refractivity contribution is 5.66. The molecule has 1 aliphatic heterocycles. The van der Waals surface area contributed by atoms with Gasteiger partial charge in [0.15, 0.2) is 11.5 Å². The molecule has 4 heteroatoms. The van der Waals surface area contributed by atoms with Crippen molar-refractivity contribution in [2.75, 3.05) is 37.4 Å².